The van der Waals surface area contributed by atoms with Crippen molar-refractivity contribution in [1.29, 1.82) is 0 Å². The van der Waals surface area contributed by atoms with Crippen LogP contribution < -0.4 is 5.32 Å². The number of ether oxygens (including phenoxy) is 1. The molecule has 1 heterocycles. The first-order valence-electron chi connectivity index (χ1n) is 5.40. The van der Waals surface area contributed by atoms with Crippen molar-refractivity contribution in [2.24, 2.45) is 0 Å². The van der Waals surface area contributed by atoms with Crippen LogP contribution in [0.2, 0.25) is 0 Å². The minimum absolute atomic E-state index is 0.810. The molecule has 0 aromatic rings. The maximum Gasteiger partial charge on any atom is 0.0673 e. The van der Waals surface area contributed by atoms with E-state index in [2.05, 4.69) is 16.3 Å². The summed E-state index contributed by atoms with van der Waals surface area (Å²) in [6.45, 7) is 5.43. The maximum absolute atomic E-state index is 5.12. The minimum Gasteiger partial charge on any atom is -0.380 e. The van der Waals surface area contributed by atoms with Crippen LogP contribution in [0.25, 0.3) is 0 Å². The van der Waals surface area contributed by atoms with Gasteiger partial charge in [-0.3, -0.25) is 4.90 Å². The summed E-state index contributed by atoms with van der Waals surface area (Å²) >= 11 is 0. The molecule has 1 rings (SSSR count). The van der Waals surface area contributed by atoms with Gasteiger partial charge in [-0.1, -0.05) is 6.08 Å². The predicted molar refractivity (Wildman–Crippen MR) is 59.6 cm³/mol. The summed E-state index contributed by atoms with van der Waals surface area (Å²) in [6.07, 6.45) is 4.73. The van der Waals surface area contributed by atoms with Crippen LogP contribution >= 0.6 is 0 Å². The normalized spacial score (nSPS) is 18.3. The third-order valence-corrected chi connectivity index (χ3v) is 2.62. The van der Waals surface area contributed by atoms with Crippen molar-refractivity contribution < 1.29 is 4.74 Å². The Morgan fingerprint density at radius 2 is 2.43 bits per heavy atom. The molecule has 1 N–H and O–H groups in total. The van der Waals surface area contributed by atoms with Crippen molar-refractivity contribution in [2.45, 2.75) is 12.8 Å². The molecule has 0 fully saturated rings. The molecule has 0 aliphatic carbocycles. The molecule has 3 heteroatoms. The van der Waals surface area contributed by atoms with E-state index in [0.717, 1.165) is 19.7 Å². The summed E-state index contributed by atoms with van der Waals surface area (Å²) in [7, 11) is 3.77. The number of hydrogen-bond donors (Lipinski definition) is 1. The lowest BCUT2D eigenvalue weighted by atomic mass is 10.1. The largest absolute Gasteiger partial charge is 0.380 e. The van der Waals surface area contributed by atoms with Crippen LogP contribution in [0.5, 0.6) is 0 Å². The second-order valence-corrected chi connectivity index (χ2v) is 3.80. The van der Waals surface area contributed by atoms with E-state index in [-0.39, 0.29) is 0 Å². The van der Waals surface area contributed by atoms with Crippen LogP contribution in [-0.2, 0) is 4.74 Å². The van der Waals surface area contributed by atoms with Gasteiger partial charge in [0.2, 0.25) is 0 Å². The van der Waals surface area contributed by atoms with E-state index < -0.39 is 0 Å². The molecule has 0 saturated heterocycles. The highest BCUT2D eigenvalue weighted by molar-refractivity contribution is 5.07. The number of nitrogens with one attached hydrogen (secondary N) is 1. The van der Waals surface area contributed by atoms with Gasteiger partial charge in [0.05, 0.1) is 6.61 Å². The van der Waals surface area contributed by atoms with Gasteiger partial charge in [0.1, 0.15) is 0 Å². The number of nitrogens with zero attached hydrogens (tertiary/aromatic N) is 1. The Balaban J connectivity index is 2.14. The Morgan fingerprint density at radius 3 is 3.00 bits per heavy atom. The lowest BCUT2D eigenvalue weighted by Crippen LogP contribution is -2.31. The van der Waals surface area contributed by atoms with Crippen molar-refractivity contribution in [3.63, 3.8) is 0 Å². The molecule has 1 aliphatic rings. The minimum atomic E-state index is 0.810. The highest BCUT2D eigenvalue weighted by Gasteiger charge is 2.10. The first kappa shape index (κ1) is 11.7. The molecule has 0 spiro atoms. The third-order valence-electron chi connectivity index (χ3n) is 2.62. The third kappa shape index (κ3) is 4.22. The van der Waals surface area contributed by atoms with Gasteiger partial charge in [-0.15, -0.1) is 0 Å². The molecule has 0 unspecified atom stereocenters. The van der Waals surface area contributed by atoms with Crippen molar-refractivity contribution in [2.75, 3.05) is 46.9 Å². The van der Waals surface area contributed by atoms with Gasteiger partial charge in [0.15, 0.2) is 0 Å². The molecule has 82 valence electrons. The molecule has 0 atom stereocenters. The van der Waals surface area contributed by atoms with Crippen molar-refractivity contribution >= 4 is 0 Å². The fraction of sp³-hybridized carbons (Fsp3) is 0.818. The van der Waals surface area contributed by atoms with E-state index in [1.165, 1.54) is 31.5 Å². The summed E-state index contributed by atoms with van der Waals surface area (Å²) in [5.74, 6) is 0. The molecule has 0 bridgehead atoms. The Labute approximate surface area is 87.1 Å². The average Bonchev–Trinajstić information content (AvgIpc) is 2.21. The molecule has 0 amide bonds. The molecule has 0 radical (unpaired) electrons. The number of rotatable bonds is 6. The highest BCUT2D eigenvalue weighted by atomic mass is 16.5. The highest BCUT2D eigenvalue weighted by Crippen LogP contribution is 2.10. The SMILES string of the molecule is CNCCCN1CC=C(COC)CC1. The van der Waals surface area contributed by atoms with Crippen LogP contribution in [-0.4, -0.2) is 51.8 Å². The number of methoxy groups -OCH3 is 1. The molecule has 14 heavy (non-hydrogen) atoms. The van der Waals surface area contributed by atoms with Gasteiger partial charge in [-0.25, -0.2) is 0 Å². The van der Waals surface area contributed by atoms with Crippen LogP contribution in [0.1, 0.15) is 12.8 Å². The fourth-order valence-corrected chi connectivity index (χ4v) is 1.75. The quantitative estimate of drug-likeness (QED) is 0.506. The molecular formula is C11H22N2O. The lowest BCUT2D eigenvalue weighted by molar-refractivity contribution is 0.211. The Hall–Kier alpha value is -0.380. The van der Waals surface area contributed by atoms with E-state index in [1.807, 2.05) is 7.05 Å². The molecule has 0 aromatic heterocycles. The number of hydrogen-bond acceptors (Lipinski definition) is 3. The van der Waals surface area contributed by atoms with Crippen LogP contribution in [0.3, 0.4) is 0 Å². The Bertz CT molecular complexity index is 180. The second kappa shape index (κ2) is 6.98. The van der Waals surface area contributed by atoms with Crippen molar-refractivity contribution in [1.82, 2.24) is 10.2 Å². The van der Waals surface area contributed by atoms with Crippen LogP contribution in [0, 0.1) is 0 Å². The topological polar surface area (TPSA) is 24.5 Å². The van der Waals surface area contributed by atoms with Gasteiger partial charge >= 0.3 is 0 Å². The monoisotopic (exact) mass is 198 g/mol. The molecule has 0 saturated carbocycles. The first-order chi connectivity index (χ1) is 6.86. The first-order valence-corrected chi connectivity index (χ1v) is 5.40. The van der Waals surface area contributed by atoms with Gasteiger partial charge in [-0.2, -0.15) is 0 Å². The second-order valence-electron chi connectivity index (χ2n) is 3.80. The summed E-state index contributed by atoms with van der Waals surface area (Å²) < 4.78 is 5.12. The van der Waals surface area contributed by atoms with Gasteiger partial charge in [-0.05, 0) is 38.6 Å². The predicted octanol–water partition coefficient (Wildman–Crippen LogP) is 0.874. The molecule has 0 aromatic carbocycles. The summed E-state index contributed by atoms with van der Waals surface area (Å²) in [6, 6.07) is 0. The van der Waals surface area contributed by atoms with Gasteiger partial charge in [0, 0.05) is 20.2 Å². The van der Waals surface area contributed by atoms with E-state index in [1.54, 1.807) is 7.11 Å². The lowest BCUT2D eigenvalue weighted by Gasteiger charge is -2.25. The van der Waals surface area contributed by atoms with E-state index >= 15 is 0 Å². The summed E-state index contributed by atoms with van der Waals surface area (Å²) in [5, 5.41) is 3.17. The molecular weight excluding hydrogens is 176 g/mol. The zero-order valence-corrected chi connectivity index (χ0v) is 9.38. The maximum atomic E-state index is 5.12. The van der Waals surface area contributed by atoms with Gasteiger partial charge in [0.25, 0.3) is 0 Å². The standard InChI is InChI=1S/C11H22N2O/c1-12-6-3-7-13-8-4-11(5-9-13)10-14-2/h4,12H,3,5-10H2,1-2H3. The zero-order chi connectivity index (χ0) is 10.2. The van der Waals surface area contributed by atoms with Crippen LogP contribution in [0.15, 0.2) is 11.6 Å². The van der Waals surface area contributed by atoms with E-state index in [0.29, 0.717) is 0 Å². The summed E-state index contributed by atoms with van der Waals surface area (Å²) in [4.78, 5) is 2.50. The van der Waals surface area contributed by atoms with Crippen LogP contribution in [0.4, 0.5) is 0 Å². The fourth-order valence-electron chi connectivity index (χ4n) is 1.75. The van der Waals surface area contributed by atoms with Gasteiger partial charge < -0.3 is 10.1 Å². The van der Waals surface area contributed by atoms with E-state index in [9.17, 15) is 0 Å². The van der Waals surface area contributed by atoms with Crippen molar-refractivity contribution in [3.8, 4) is 0 Å². The Morgan fingerprint density at radius 1 is 1.57 bits per heavy atom. The molecule has 1 aliphatic heterocycles. The molecule has 3 nitrogen and oxygen atoms in total. The zero-order valence-electron chi connectivity index (χ0n) is 9.38. The smallest absolute Gasteiger partial charge is 0.0673 e. The van der Waals surface area contributed by atoms with Crippen molar-refractivity contribution in [3.05, 3.63) is 11.6 Å². The van der Waals surface area contributed by atoms with E-state index in [4.69, 9.17) is 4.74 Å². The Kier molecular flexibility index (Phi) is 5.83. The average molecular weight is 198 g/mol. The summed E-state index contributed by atoms with van der Waals surface area (Å²) in [5.41, 5.74) is 1.46.